The van der Waals surface area contributed by atoms with E-state index in [0.29, 0.717) is 22.6 Å². The second-order valence-electron chi connectivity index (χ2n) is 7.94. The number of fused-ring (bicyclic) bond motifs is 6. The van der Waals surface area contributed by atoms with E-state index in [-0.39, 0.29) is 11.5 Å². The monoisotopic (exact) mass is 436 g/mol. The molecule has 3 aromatic carbocycles. The Hall–Kier alpha value is -4.32. The van der Waals surface area contributed by atoms with Crippen LogP contribution >= 0.6 is 0 Å². The molecule has 33 heavy (non-hydrogen) atoms. The standard InChI is InChI=1S/C27H20N2O4/c1-31-21-12-9-15(14-22(21)32-2)23-24-16-7-5-13-28-18(16)10-11-19(24)29-26-17-6-3-4-8-20(17)33-27(30)25(23)26/h3-14,23,29H,1-2H3. The number of hydrogen-bond donors (Lipinski definition) is 1. The van der Waals surface area contributed by atoms with Gasteiger partial charge in [0, 0.05) is 28.6 Å². The Kier molecular flexibility index (Phi) is 4.33. The van der Waals surface area contributed by atoms with Crippen LogP contribution in [0.2, 0.25) is 0 Å². The fraction of sp³-hybridized carbons (Fsp3) is 0.111. The molecule has 0 saturated carbocycles. The van der Waals surface area contributed by atoms with Gasteiger partial charge in [-0.05, 0) is 53.6 Å². The molecule has 1 unspecified atom stereocenters. The van der Waals surface area contributed by atoms with Crippen LogP contribution in [0.3, 0.4) is 0 Å². The van der Waals surface area contributed by atoms with Gasteiger partial charge in [-0.3, -0.25) is 4.98 Å². The van der Waals surface area contributed by atoms with Crippen molar-refractivity contribution in [2.75, 3.05) is 19.5 Å². The number of benzene rings is 3. The second-order valence-corrected chi connectivity index (χ2v) is 7.94. The van der Waals surface area contributed by atoms with Crippen LogP contribution in [0.1, 0.15) is 22.6 Å². The van der Waals surface area contributed by atoms with Crippen molar-refractivity contribution in [1.29, 1.82) is 0 Å². The summed E-state index contributed by atoms with van der Waals surface area (Å²) in [5, 5.41) is 5.35. The third kappa shape index (κ3) is 2.88. The highest BCUT2D eigenvalue weighted by molar-refractivity contribution is 6.00. The highest BCUT2D eigenvalue weighted by Crippen LogP contribution is 2.49. The topological polar surface area (TPSA) is 73.6 Å². The van der Waals surface area contributed by atoms with Crippen molar-refractivity contribution < 1.29 is 13.9 Å². The van der Waals surface area contributed by atoms with E-state index in [0.717, 1.165) is 38.8 Å². The first-order valence-electron chi connectivity index (χ1n) is 10.6. The van der Waals surface area contributed by atoms with Gasteiger partial charge in [0.15, 0.2) is 11.5 Å². The van der Waals surface area contributed by atoms with Crippen molar-refractivity contribution >= 4 is 33.2 Å². The molecular formula is C27H20N2O4. The molecule has 1 N–H and O–H groups in total. The number of rotatable bonds is 3. The van der Waals surface area contributed by atoms with E-state index in [1.54, 1.807) is 20.4 Å². The molecule has 5 aromatic rings. The van der Waals surface area contributed by atoms with Crippen molar-refractivity contribution in [3.05, 3.63) is 100 Å². The zero-order valence-corrected chi connectivity index (χ0v) is 18.1. The molecule has 0 aliphatic carbocycles. The minimum absolute atomic E-state index is 0.373. The summed E-state index contributed by atoms with van der Waals surface area (Å²) in [6.07, 6.45) is 1.77. The van der Waals surface area contributed by atoms with Gasteiger partial charge >= 0.3 is 5.63 Å². The van der Waals surface area contributed by atoms with Gasteiger partial charge in [0.1, 0.15) is 5.58 Å². The van der Waals surface area contributed by atoms with Gasteiger partial charge in [0.2, 0.25) is 0 Å². The lowest BCUT2D eigenvalue weighted by molar-refractivity contribution is 0.354. The van der Waals surface area contributed by atoms with E-state index in [4.69, 9.17) is 13.9 Å². The molecule has 162 valence electrons. The van der Waals surface area contributed by atoms with E-state index >= 15 is 0 Å². The Morgan fingerprint density at radius 3 is 2.55 bits per heavy atom. The van der Waals surface area contributed by atoms with Crippen molar-refractivity contribution in [1.82, 2.24) is 4.98 Å². The summed E-state index contributed by atoms with van der Waals surface area (Å²) in [4.78, 5) is 17.9. The van der Waals surface area contributed by atoms with Crippen molar-refractivity contribution in [2.45, 2.75) is 5.92 Å². The largest absolute Gasteiger partial charge is 0.493 e. The van der Waals surface area contributed by atoms with Crippen LogP contribution in [-0.2, 0) is 0 Å². The molecule has 6 rings (SSSR count). The summed E-state index contributed by atoms with van der Waals surface area (Å²) in [5.41, 5.74) is 5.16. The number of nitrogens with zero attached hydrogens (tertiary/aromatic N) is 1. The van der Waals surface area contributed by atoms with Crippen molar-refractivity contribution in [2.24, 2.45) is 0 Å². The van der Waals surface area contributed by atoms with Crippen LogP contribution in [0.15, 0.2) is 82.1 Å². The van der Waals surface area contributed by atoms with E-state index in [9.17, 15) is 4.79 Å². The van der Waals surface area contributed by atoms with Crippen LogP contribution in [0.4, 0.5) is 11.4 Å². The molecule has 0 radical (unpaired) electrons. The highest BCUT2D eigenvalue weighted by atomic mass is 16.5. The predicted octanol–water partition coefficient (Wildman–Crippen LogP) is 5.60. The summed E-state index contributed by atoms with van der Waals surface area (Å²) in [6, 6.07) is 21.3. The molecule has 0 fully saturated rings. The van der Waals surface area contributed by atoms with Crippen LogP contribution in [0.25, 0.3) is 21.9 Å². The number of nitrogens with one attached hydrogen (secondary N) is 1. The summed E-state index contributed by atoms with van der Waals surface area (Å²) < 4.78 is 16.8. The third-order valence-electron chi connectivity index (χ3n) is 6.25. The Morgan fingerprint density at radius 2 is 1.70 bits per heavy atom. The van der Waals surface area contributed by atoms with Gasteiger partial charge in [-0.15, -0.1) is 0 Å². The Morgan fingerprint density at radius 1 is 0.879 bits per heavy atom. The normalized spacial score (nSPS) is 14.4. The van der Waals surface area contributed by atoms with Gasteiger partial charge in [0.25, 0.3) is 0 Å². The molecule has 1 aliphatic rings. The number of methoxy groups -OCH3 is 2. The fourth-order valence-corrected chi connectivity index (χ4v) is 4.80. The summed E-state index contributed by atoms with van der Waals surface area (Å²) in [7, 11) is 3.21. The number of pyridine rings is 1. The number of para-hydroxylation sites is 1. The average Bonchev–Trinajstić information content (AvgIpc) is 2.87. The molecule has 3 heterocycles. The van der Waals surface area contributed by atoms with E-state index in [1.807, 2.05) is 66.7 Å². The quantitative estimate of drug-likeness (QED) is 0.364. The Labute approximate surface area is 189 Å². The minimum atomic E-state index is -0.384. The minimum Gasteiger partial charge on any atom is -0.493 e. The molecule has 0 amide bonds. The van der Waals surface area contributed by atoms with Gasteiger partial charge in [-0.25, -0.2) is 4.79 Å². The fourth-order valence-electron chi connectivity index (χ4n) is 4.80. The van der Waals surface area contributed by atoms with Crippen molar-refractivity contribution in [3.8, 4) is 11.5 Å². The molecule has 6 heteroatoms. The van der Waals surface area contributed by atoms with Gasteiger partial charge in [-0.1, -0.05) is 24.3 Å². The first kappa shape index (κ1) is 19.4. The number of hydrogen-bond acceptors (Lipinski definition) is 6. The number of anilines is 2. The van der Waals surface area contributed by atoms with Crippen molar-refractivity contribution in [3.63, 3.8) is 0 Å². The summed E-state index contributed by atoms with van der Waals surface area (Å²) in [6.45, 7) is 0. The number of aromatic nitrogens is 1. The number of ether oxygens (including phenoxy) is 2. The lowest BCUT2D eigenvalue weighted by atomic mass is 9.79. The average molecular weight is 436 g/mol. The van der Waals surface area contributed by atoms with E-state index < -0.39 is 0 Å². The van der Waals surface area contributed by atoms with Crippen LogP contribution in [0.5, 0.6) is 11.5 Å². The van der Waals surface area contributed by atoms with Gasteiger partial charge in [0.05, 0.1) is 31.0 Å². The summed E-state index contributed by atoms with van der Waals surface area (Å²) in [5.74, 6) is 0.839. The maximum absolute atomic E-state index is 13.4. The zero-order valence-electron chi connectivity index (χ0n) is 18.1. The molecule has 1 aliphatic heterocycles. The molecule has 0 spiro atoms. The molecular weight excluding hydrogens is 416 g/mol. The molecule has 6 nitrogen and oxygen atoms in total. The third-order valence-corrected chi connectivity index (χ3v) is 6.25. The Bertz CT molecular complexity index is 1610. The molecule has 1 atom stereocenters. The lowest BCUT2D eigenvalue weighted by Gasteiger charge is -2.30. The summed E-state index contributed by atoms with van der Waals surface area (Å²) >= 11 is 0. The maximum Gasteiger partial charge on any atom is 0.342 e. The van der Waals surface area contributed by atoms with Gasteiger partial charge < -0.3 is 19.2 Å². The first-order chi connectivity index (χ1) is 16.2. The van der Waals surface area contributed by atoms with E-state index in [2.05, 4.69) is 10.3 Å². The SMILES string of the molecule is COc1ccc(C2c3c(c4ccccc4oc3=O)Nc3ccc4ncccc4c32)cc1OC. The first-order valence-corrected chi connectivity index (χ1v) is 10.6. The highest BCUT2D eigenvalue weighted by Gasteiger charge is 2.34. The molecule has 0 saturated heterocycles. The zero-order chi connectivity index (χ0) is 22.5. The predicted molar refractivity (Wildman–Crippen MR) is 128 cm³/mol. The smallest absolute Gasteiger partial charge is 0.342 e. The lowest BCUT2D eigenvalue weighted by Crippen LogP contribution is -2.23. The van der Waals surface area contributed by atoms with Crippen LogP contribution < -0.4 is 20.4 Å². The van der Waals surface area contributed by atoms with Gasteiger partial charge in [-0.2, -0.15) is 0 Å². The maximum atomic E-state index is 13.4. The van der Waals surface area contributed by atoms with E-state index in [1.165, 1.54) is 0 Å². The molecule has 2 aromatic heterocycles. The molecule has 0 bridgehead atoms. The van der Waals surface area contributed by atoms with Crippen LogP contribution in [0, 0.1) is 0 Å². The Balaban J connectivity index is 1.73. The van der Waals surface area contributed by atoms with Crippen LogP contribution in [-0.4, -0.2) is 19.2 Å². The second kappa shape index (κ2) is 7.38.